The molecule has 0 radical (unpaired) electrons. The smallest absolute Gasteiger partial charge is 0.261 e. The van der Waals surface area contributed by atoms with Crippen molar-refractivity contribution in [1.82, 2.24) is 0 Å². The van der Waals surface area contributed by atoms with Crippen molar-refractivity contribution in [3.63, 3.8) is 0 Å². The zero-order valence-electron chi connectivity index (χ0n) is 26.0. The molecule has 4 aromatic rings. The summed E-state index contributed by atoms with van der Waals surface area (Å²) in [6, 6.07) is 42.5. The van der Waals surface area contributed by atoms with E-state index >= 15 is 0 Å². The van der Waals surface area contributed by atoms with Gasteiger partial charge < -0.3 is 13.6 Å². The molecule has 0 aliphatic carbocycles. The molecule has 4 aromatic carbocycles. The van der Waals surface area contributed by atoms with E-state index in [4.69, 9.17) is 8.85 Å². The summed E-state index contributed by atoms with van der Waals surface area (Å²) in [5, 5.41) is 4.67. The predicted molar refractivity (Wildman–Crippen MR) is 181 cm³/mol. The van der Waals surface area contributed by atoms with Crippen LogP contribution < -0.4 is 20.7 Å². The van der Waals surface area contributed by atoms with Crippen molar-refractivity contribution in [2.75, 3.05) is 13.2 Å². The first-order chi connectivity index (χ1) is 20.1. The van der Waals surface area contributed by atoms with Crippen LogP contribution in [0.2, 0.25) is 10.1 Å². The van der Waals surface area contributed by atoms with Crippen LogP contribution in [-0.4, -0.2) is 36.1 Å². The molecule has 4 rings (SSSR count). The van der Waals surface area contributed by atoms with Crippen molar-refractivity contribution in [2.24, 2.45) is 5.92 Å². The van der Waals surface area contributed by atoms with Gasteiger partial charge in [-0.05, 0) is 37.2 Å². The highest BCUT2D eigenvalue weighted by Crippen LogP contribution is 2.38. The highest BCUT2D eigenvalue weighted by molar-refractivity contribution is 7.00. The van der Waals surface area contributed by atoms with Crippen LogP contribution in [0.4, 0.5) is 0 Å². The number of benzene rings is 4. The van der Waals surface area contributed by atoms with E-state index in [9.17, 15) is 4.79 Å². The third-order valence-electron chi connectivity index (χ3n) is 8.35. The second-order valence-corrected chi connectivity index (χ2v) is 21.8. The van der Waals surface area contributed by atoms with E-state index in [1.54, 1.807) is 0 Å². The monoisotopic (exact) mass is 594 g/mol. The molecule has 0 N–H and O–H groups in total. The molecule has 0 bridgehead atoms. The standard InChI is InChI=1S/C37H46O3Si2/c1-36(2,3)41(32-19-11-7-12-20-32,33-21-13-8-14-22-33)39-28-27-31(29-38)30-40-42(37(4,5)6,34-23-15-9-16-24-34)35-25-17-10-18-26-35/h7-26,29,31H,27-28,30H2,1-6H3/t31-/m0/s1. The second kappa shape index (κ2) is 13.5. The first-order valence-corrected chi connectivity index (χ1v) is 18.8. The van der Waals surface area contributed by atoms with Crippen LogP contribution in [0.3, 0.4) is 0 Å². The molecule has 0 fully saturated rings. The van der Waals surface area contributed by atoms with Gasteiger partial charge in [0.25, 0.3) is 16.6 Å². The molecule has 0 aliphatic rings. The Morgan fingerprint density at radius 2 is 0.857 bits per heavy atom. The van der Waals surface area contributed by atoms with Gasteiger partial charge in [0, 0.05) is 19.1 Å². The number of hydrogen-bond acceptors (Lipinski definition) is 3. The van der Waals surface area contributed by atoms with E-state index in [1.807, 2.05) is 12.1 Å². The lowest BCUT2D eigenvalue weighted by atomic mass is 10.1. The highest BCUT2D eigenvalue weighted by Gasteiger charge is 2.51. The van der Waals surface area contributed by atoms with Crippen LogP contribution in [0.15, 0.2) is 121 Å². The molecular formula is C37H46O3Si2. The fraction of sp³-hybridized carbons (Fsp3) is 0.324. The summed E-state index contributed by atoms with van der Waals surface area (Å²) >= 11 is 0. The number of aldehydes is 1. The number of rotatable bonds is 12. The molecule has 42 heavy (non-hydrogen) atoms. The van der Waals surface area contributed by atoms with Crippen molar-refractivity contribution in [2.45, 2.75) is 58.0 Å². The lowest BCUT2D eigenvalue weighted by molar-refractivity contribution is -0.112. The van der Waals surface area contributed by atoms with E-state index in [0.29, 0.717) is 19.6 Å². The Hall–Kier alpha value is -3.10. The van der Waals surface area contributed by atoms with Gasteiger partial charge in [0.1, 0.15) is 6.29 Å². The SMILES string of the molecule is CC(C)(C)[Si](OCC[C@@H](C=O)CO[Si](c1ccccc1)(c1ccccc1)C(C)(C)C)(c1ccccc1)c1ccccc1. The zero-order chi connectivity index (χ0) is 30.3. The van der Waals surface area contributed by atoms with Gasteiger partial charge in [0.15, 0.2) is 0 Å². The summed E-state index contributed by atoms with van der Waals surface area (Å²) in [6.45, 7) is 14.5. The molecule has 0 saturated carbocycles. The minimum Gasteiger partial charge on any atom is -0.407 e. The van der Waals surface area contributed by atoms with Crippen molar-refractivity contribution in [3.05, 3.63) is 121 Å². The molecule has 220 valence electrons. The van der Waals surface area contributed by atoms with E-state index in [1.165, 1.54) is 20.7 Å². The highest BCUT2D eigenvalue weighted by atomic mass is 28.4. The molecule has 0 spiro atoms. The van der Waals surface area contributed by atoms with E-state index in [0.717, 1.165) is 6.29 Å². The summed E-state index contributed by atoms with van der Waals surface area (Å²) < 4.78 is 14.2. The fourth-order valence-electron chi connectivity index (χ4n) is 6.31. The van der Waals surface area contributed by atoms with Gasteiger partial charge in [-0.25, -0.2) is 0 Å². The van der Waals surface area contributed by atoms with Crippen molar-refractivity contribution in [3.8, 4) is 0 Å². The minimum atomic E-state index is -2.73. The predicted octanol–water partition coefficient (Wildman–Crippen LogP) is 6.34. The lowest BCUT2D eigenvalue weighted by Crippen LogP contribution is -2.67. The summed E-state index contributed by atoms with van der Waals surface area (Å²) in [4.78, 5) is 12.5. The van der Waals surface area contributed by atoms with Crippen LogP contribution >= 0.6 is 0 Å². The Kier molecular flexibility index (Phi) is 10.2. The topological polar surface area (TPSA) is 35.5 Å². The summed E-state index contributed by atoms with van der Waals surface area (Å²) in [7, 11) is -5.40. The average molecular weight is 595 g/mol. The van der Waals surface area contributed by atoms with Gasteiger partial charge in [-0.3, -0.25) is 0 Å². The Bertz CT molecular complexity index is 1300. The van der Waals surface area contributed by atoms with Crippen molar-refractivity contribution >= 4 is 43.7 Å². The maximum Gasteiger partial charge on any atom is 0.261 e. The largest absolute Gasteiger partial charge is 0.407 e. The Labute approximate surface area is 255 Å². The van der Waals surface area contributed by atoms with Gasteiger partial charge in [-0.15, -0.1) is 0 Å². The first-order valence-electron chi connectivity index (χ1n) is 15.0. The van der Waals surface area contributed by atoms with Crippen LogP contribution in [0.5, 0.6) is 0 Å². The second-order valence-electron chi connectivity index (χ2n) is 13.2. The number of hydrogen-bond donors (Lipinski definition) is 0. The normalized spacial score (nSPS) is 13.5. The van der Waals surface area contributed by atoms with Crippen LogP contribution in [-0.2, 0) is 13.6 Å². The molecule has 0 saturated heterocycles. The molecule has 1 atom stereocenters. The van der Waals surface area contributed by atoms with Gasteiger partial charge in [-0.2, -0.15) is 0 Å². The Morgan fingerprint density at radius 3 is 1.14 bits per heavy atom. The Morgan fingerprint density at radius 1 is 0.548 bits per heavy atom. The number of carbonyl (C=O) groups excluding carboxylic acids is 1. The Balaban J connectivity index is 1.62. The lowest BCUT2D eigenvalue weighted by Gasteiger charge is -2.44. The van der Waals surface area contributed by atoms with Crippen molar-refractivity contribution < 1.29 is 13.6 Å². The molecule has 0 unspecified atom stereocenters. The van der Waals surface area contributed by atoms with Crippen LogP contribution in [0.25, 0.3) is 0 Å². The summed E-state index contributed by atoms with van der Waals surface area (Å²) in [5.74, 6) is -0.273. The maximum absolute atomic E-state index is 12.5. The molecule has 5 heteroatoms. The molecule has 0 heterocycles. The van der Waals surface area contributed by atoms with Gasteiger partial charge in [-0.1, -0.05) is 163 Å². The van der Waals surface area contributed by atoms with Gasteiger partial charge in [0.2, 0.25) is 0 Å². The van der Waals surface area contributed by atoms with E-state index < -0.39 is 16.6 Å². The third-order valence-corrected chi connectivity index (χ3v) is 18.4. The summed E-state index contributed by atoms with van der Waals surface area (Å²) in [6.07, 6.45) is 1.67. The average Bonchev–Trinajstić information content (AvgIpc) is 2.99. The molecule has 3 nitrogen and oxygen atoms in total. The zero-order valence-corrected chi connectivity index (χ0v) is 28.0. The van der Waals surface area contributed by atoms with Gasteiger partial charge in [0.05, 0.1) is 0 Å². The van der Waals surface area contributed by atoms with E-state index in [2.05, 4.69) is 151 Å². The van der Waals surface area contributed by atoms with Gasteiger partial charge >= 0.3 is 0 Å². The quantitative estimate of drug-likeness (QED) is 0.142. The van der Waals surface area contributed by atoms with E-state index in [-0.39, 0.29) is 16.0 Å². The molecule has 0 aliphatic heterocycles. The number of carbonyl (C=O) groups is 1. The fourth-order valence-corrected chi connectivity index (χ4v) is 15.5. The van der Waals surface area contributed by atoms with Crippen LogP contribution in [0, 0.1) is 5.92 Å². The molecule has 0 aromatic heterocycles. The molecule has 0 amide bonds. The minimum absolute atomic E-state index is 0.113. The van der Waals surface area contributed by atoms with Crippen molar-refractivity contribution in [1.29, 1.82) is 0 Å². The summed E-state index contributed by atoms with van der Waals surface area (Å²) in [5.41, 5.74) is 0. The third kappa shape index (κ3) is 6.45. The first kappa shape index (κ1) is 31.8. The van der Waals surface area contributed by atoms with Crippen LogP contribution in [0.1, 0.15) is 48.0 Å². The molecular weight excluding hydrogens is 549 g/mol. The maximum atomic E-state index is 12.5.